The molecule has 0 aliphatic heterocycles. The number of pyridine rings is 1. The Morgan fingerprint density at radius 3 is 2.55 bits per heavy atom. The molecule has 1 aromatic carbocycles. The molecule has 1 atom stereocenters. The first-order valence-electron chi connectivity index (χ1n) is 9.54. The average molecular weight is 450 g/mol. The fourth-order valence-electron chi connectivity index (χ4n) is 3.13. The van der Waals surface area contributed by atoms with Gasteiger partial charge in [0.2, 0.25) is 5.91 Å². The molecule has 0 bridgehead atoms. The van der Waals surface area contributed by atoms with Crippen LogP contribution in [-0.4, -0.2) is 31.3 Å². The van der Waals surface area contributed by atoms with Crippen molar-refractivity contribution in [1.29, 1.82) is 0 Å². The van der Waals surface area contributed by atoms with E-state index in [1.165, 1.54) is 16.2 Å². The number of hydrogen-bond donors (Lipinski definition) is 1. The van der Waals surface area contributed by atoms with Crippen molar-refractivity contribution in [3.05, 3.63) is 99.4 Å². The Hall–Kier alpha value is -3.43. The first kappa shape index (κ1) is 20.8. The number of carbonyl (C=O) groups is 2. The van der Waals surface area contributed by atoms with Gasteiger partial charge < -0.3 is 10.2 Å². The molecule has 3 aromatic heterocycles. The van der Waals surface area contributed by atoms with E-state index >= 15 is 0 Å². The predicted octanol–water partition coefficient (Wildman–Crippen LogP) is 3.69. The van der Waals surface area contributed by atoms with Gasteiger partial charge in [0.15, 0.2) is 5.69 Å². The highest BCUT2D eigenvalue weighted by Crippen LogP contribution is 2.29. The standard InChI is InChI=1S/C22H19N5O2S2/c28-21(24-13-16-6-2-1-3-7-16)20(19-9-5-11-30-19)27(14-17-8-4-10-23-12-17)22(29)18-15-31-26-25-18/h1-12,15,20H,13-14H2,(H,24,28). The van der Waals surface area contributed by atoms with E-state index in [0.29, 0.717) is 6.54 Å². The number of nitrogens with one attached hydrogen (secondary N) is 1. The molecule has 0 radical (unpaired) electrons. The molecule has 0 saturated carbocycles. The third kappa shape index (κ3) is 5.19. The van der Waals surface area contributed by atoms with E-state index in [0.717, 1.165) is 27.5 Å². The minimum atomic E-state index is -0.807. The minimum absolute atomic E-state index is 0.214. The lowest BCUT2D eigenvalue weighted by Crippen LogP contribution is -2.43. The van der Waals surface area contributed by atoms with Gasteiger partial charge in [-0.3, -0.25) is 14.6 Å². The Morgan fingerprint density at radius 2 is 1.87 bits per heavy atom. The number of carbonyl (C=O) groups excluding carboxylic acids is 2. The van der Waals surface area contributed by atoms with Gasteiger partial charge in [-0.25, -0.2) is 0 Å². The molecule has 3 heterocycles. The molecule has 0 saturated heterocycles. The second-order valence-electron chi connectivity index (χ2n) is 6.71. The summed E-state index contributed by atoms with van der Waals surface area (Å²) in [6.07, 6.45) is 3.36. The number of thiophene rings is 1. The summed E-state index contributed by atoms with van der Waals surface area (Å²) in [5, 5.41) is 10.4. The molecule has 0 aliphatic rings. The Labute approximate surface area is 187 Å². The first-order valence-corrected chi connectivity index (χ1v) is 11.3. The van der Waals surface area contributed by atoms with Crippen molar-refractivity contribution < 1.29 is 9.59 Å². The summed E-state index contributed by atoms with van der Waals surface area (Å²) in [5.74, 6) is -0.613. The van der Waals surface area contributed by atoms with Crippen molar-refractivity contribution in [2.75, 3.05) is 0 Å². The molecule has 31 heavy (non-hydrogen) atoms. The number of benzene rings is 1. The fraction of sp³-hybridized carbons (Fsp3) is 0.136. The molecular weight excluding hydrogens is 430 g/mol. The maximum Gasteiger partial charge on any atom is 0.276 e. The Balaban J connectivity index is 1.66. The maximum atomic E-state index is 13.4. The van der Waals surface area contributed by atoms with Crippen molar-refractivity contribution in [3.63, 3.8) is 0 Å². The van der Waals surface area contributed by atoms with E-state index in [-0.39, 0.29) is 24.1 Å². The molecule has 7 nitrogen and oxygen atoms in total. The van der Waals surface area contributed by atoms with Crippen molar-refractivity contribution in [1.82, 2.24) is 24.8 Å². The molecule has 2 amide bonds. The number of aromatic nitrogens is 3. The van der Waals surface area contributed by atoms with Gasteiger partial charge in [0.1, 0.15) is 6.04 Å². The summed E-state index contributed by atoms with van der Waals surface area (Å²) in [6.45, 7) is 0.584. The van der Waals surface area contributed by atoms with Crippen molar-refractivity contribution in [2.24, 2.45) is 0 Å². The van der Waals surface area contributed by atoms with Gasteiger partial charge in [-0.05, 0) is 40.2 Å². The van der Waals surface area contributed by atoms with Crippen LogP contribution in [0.3, 0.4) is 0 Å². The normalized spacial score (nSPS) is 11.6. The zero-order chi connectivity index (χ0) is 21.5. The van der Waals surface area contributed by atoms with Crippen LogP contribution >= 0.6 is 22.9 Å². The topological polar surface area (TPSA) is 88.1 Å². The average Bonchev–Trinajstić information content (AvgIpc) is 3.53. The SMILES string of the molecule is O=C(NCc1ccccc1)C(c1cccs1)N(Cc1cccnc1)C(=O)c1csnn1. The molecule has 1 unspecified atom stereocenters. The van der Waals surface area contributed by atoms with Gasteiger partial charge in [-0.15, -0.1) is 16.4 Å². The summed E-state index contributed by atoms with van der Waals surface area (Å²) < 4.78 is 3.81. The van der Waals surface area contributed by atoms with Gasteiger partial charge in [0.05, 0.1) is 0 Å². The highest BCUT2D eigenvalue weighted by atomic mass is 32.1. The van der Waals surface area contributed by atoms with Crippen LogP contribution < -0.4 is 5.32 Å². The Bertz CT molecular complexity index is 1100. The largest absolute Gasteiger partial charge is 0.350 e. The van der Waals surface area contributed by atoms with Crippen LogP contribution in [0.15, 0.2) is 77.8 Å². The van der Waals surface area contributed by atoms with Gasteiger partial charge in [0.25, 0.3) is 5.91 Å². The molecule has 4 aromatic rings. The maximum absolute atomic E-state index is 13.4. The third-order valence-electron chi connectivity index (χ3n) is 4.60. The zero-order valence-electron chi connectivity index (χ0n) is 16.4. The molecule has 156 valence electrons. The highest BCUT2D eigenvalue weighted by molar-refractivity contribution is 7.10. The second kappa shape index (κ2) is 10.1. The van der Waals surface area contributed by atoms with E-state index in [4.69, 9.17) is 0 Å². The van der Waals surface area contributed by atoms with Crippen LogP contribution in [0.5, 0.6) is 0 Å². The predicted molar refractivity (Wildman–Crippen MR) is 119 cm³/mol. The van der Waals surface area contributed by atoms with Crippen LogP contribution in [0.4, 0.5) is 0 Å². The molecule has 0 aliphatic carbocycles. The van der Waals surface area contributed by atoms with Gasteiger partial charge >= 0.3 is 0 Å². The minimum Gasteiger partial charge on any atom is -0.350 e. The summed E-state index contributed by atoms with van der Waals surface area (Å²) >= 11 is 2.53. The molecular formula is C22H19N5O2S2. The summed E-state index contributed by atoms with van der Waals surface area (Å²) in [5.41, 5.74) is 2.01. The van der Waals surface area contributed by atoms with Crippen LogP contribution in [0, 0.1) is 0 Å². The lowest BCUT2D eigenvalue weighted by Gasteiger charge is -2.30. The number of nitrogens with zero attached hydrogens (tertiary/aromatic N) is 4. The van der Waals surface area contributed by atoms with E-state index in [1.807, 2.05) is 53.9 Å². The summed E-state index contributed by atoms with van der Waals surface area (Å²) in [7, 11) is 0. The lowest BCUT2D eigenvalue weighted by molar-refractivity contribution is -0.126. The summed E-state index contributed by atoms with van der Waals surface area (Å²) in [6, 6.07) is 16.3. The molecule has 4 rings (SSSR count). The zero-order valence-corrected chi connectivity index (χ0v) is 18.1. The van der Waals surface area contributed by atoms with E-state index in [2.05, 4.69) is 19.9 Å². The van der Waals surface area contributed by atoms with E-state index < -0.39 is 6.04 Å². The molecule has 1 N–H and O–H groups in total. The van der Waals surface area contributed by atoms with Crippen LogP contribution in [-0.2, 0) is 17.9 Å². The van der Waals surface area contributed by atoms with Crippen LogP contribution in [0.1, 0.15) is 32.5 Å². The van der Waals surface area contributed by atoms with Gasteiger partial charge in [-0.1, -0.05) is 47.0 Å². The fourth-order valence-corrected chi connectivity index (χ4v) is 4.39. The summed E-state index contributed by atoms with van der Waals surface area (Å²) in [4.78, 5) is 33.2. The molecule has 0 spiro atoms. The third-order valence-corrected chi connectivity index (χ3v) is 6.03. The number of hydrogen-bond acceptors (Lipinski definition) is 7. The van der Waals surface area contributed by atoms with E-state index in [1.54, 1.807) is 23.8 Å². The quantitative estimate of drug-likeness (QED) is 0.443. The Morgan fingerprint density at radius 1 is 1.03 bits per heavy atom. The monoisotopic (exact) mass is 449 g/mol. The number of rotatable bonds is 8. The van der Waals surface area contributed by atoms with Crippen LogP contribution in [0.25, 0.3) is 0 Å². The molecule has 0 fully saturated rings. The van der Waals surface area contributed by atoms with Crippen LogP contribution in [0.2, 0.25) is 0 Å². The first-order chi connectivity index (χ1) is 15.2. The second-order valence-corrected chi connectivity index (χ2v) is 8.29. The van der Waals surface area contributed by atoms with Gasteiger partial charge in [-0.2, -0.15) is 0 Å². The Kier molecular flexibility index (Phi) is 6.75. The molecule has 9 heteroatoms. The van der Waals surface area contributed by atoms with Crippen molar-refractivity contribution in [2.45, 2.75) is 19.1 Å². The number of amides is 2. The highest BCUT2D eigenvalue weighted by Gasteiger charge is 2.33. The smallest absolute Gasteiger partial charge is 0.276 e. The van der Waals surface area contributed by atoms with E-state index in [9.17, 15) is 9.59 Å². The van der Waals surface area contributed by atoms with Crippen molar-refractivity contribution in [3.8, 4) is 0 Å². The van der Waals surface area contributed by atoms with Crippen molar-refractivity contribution >= 4 is 34.7 Å². The van der Waals surface area contributed by atoms with Gasteiger partial charge in [0, 0.05) is 35.7 Å². The lowest BCUT2D eigenvalue weighted by atomic mass is 10.1.